The second kappa shape index (κ2) is 5.66. The summed E-state index contributed by atoms with van der Waals surface area (Å²) in [5, 5.41) is 3.80. The summed E-state index contributed by atoms with van der Waals surface area (Å²) in [6.45, 7) is 1.82. The number of amides is 1. The van der Waals surface area contributed by atoms with Gasteiger partial charge in [0.05, 0.1) is 11.2 Å². The minimum atomic E-state index is -0.728. The summed E-state index contributed by atoms with van der Waals surface area (Å²) in [5.74, 6) is -2.04. The molecule has 124 valence electrons. The van der Waals surface area contributed by atoms with Crippen LogP contribution >= 0.6 is 0 Å². The fourth-order valence-corrected chi connectivity index (χ4v) is 2.75. The lowest BCUT2D eigenvalue weighted by atomic mass is 10.1. The van der Waals surface area contributed by atoms with Crippen LogP contribution in [0.5, 0.6) is 0 Å². The smallest absolute Gasteiger partial charge is 0.291 e. The molecule has 0 radical (unpaired) electrons. The number of benzene rings is 2. The van der Waals surface area contributed by atoms with Gasteiger partial charge < -0.3 is 9.73 Å². The average Bonchev–Trinajstić information content (AvgIpc) is 3.05. The normalized spacial score (nSPS) is 11.2. The molecule has 1 amide bonds. The topological polar surface area (TPSA) is 55.1 Å². The minimum Gasteiger partial charge on any atom is -0.450 e. The van der Waals surface area contributed by atoms with Crippen LogP contribution in [0.2, 0.25) is 0 Å². The van der Waals surface area contributed by atoms with Crippen molar-refractivity contribution in [2.45, 2.75) is 6.92 Å². The van der Waals surface area contributed by atoms with E-state index in [0.717, 1.165) is 29.1 Å². The number of nitrogens with zero attached hydrogens (tertiary/aromatic N) is 1. The lowest BCUT2D eigenvalue weighted by molar-refractivity contribution is 0.0998. The van der Waals surface area contributed by atoms with Crippen LogP contribution in [0.3, 0.4) is 0 Å². The molecule has 0 saturated carbocycles. The molecule has 6 heteroatoms. The van der Waals surface area contributed by atoms with E-state index < -0.39 is 17.5 Å². The van der Waals surface area contributed by atoms with Crippen molar-refractivity contribution >= 4 is 33.5 Å². The van der Waals surface area contributed by atoms with E-state index in [0.29, 0.717) is 16.7 Å². The van der Waals surface area contributed by atoms with Gasteiger partial charge in [0, 0.05) is 22.5 Å². The zero-order chi connectivity index (χ0) is 17.6. The van der Waals surface area contributed by atoms with Gasteiger partial charge in [-0.15, -0.1) is 0 Å². The molecule has 4 rings (SSSR count). The summed E-state index contributed by atoms with van der Waals surface area (Å²) in [5.41, 5.74) is 1.76. The van der Waals surface area contributed by atoms with Crippen molar-refractivity contribution in [2.24, 2.45) is 0 Å². The lowest BCUT2D eigenvalue weighted by Crippen LogP contribution is -2.12. The molecule has 2 aromatic heterocycles. The molecule has 0 spiro atoms. The van der Waals surface area contributed by atoms with Gasteiger partial charge >= 0.3 is 0 Å². The van der Waals surface area contributed by atoms with Crippen molar-refractivity contribution < 1.29 is 18.0 Å². The Bertz CT molecular complexity index is 1140. The maximum atomic E-state index is 13.7. The molecule has 4 nitrogen and oxygen atoms in total. The number of furan rings is 1. The fourth-order valence-electron chi connectivity index (χ4n) is 2.75. The summed E-state index contributed by atoms with van der Waals surface area (Å²) in [7, 11) is 0. The van der Waals surface area contributed by atoms with Gasteiger partial charge in [0.15, 0.2) is 5.76 Å². The van der Waals surface area contributed by atoms with E-state index in [1.807, 2.05) is 31.2 Å². The van der Waals surface area contributed by atoms with Gasteiger partial charge in [-0.3, -0.25) is 9.78 Å². The van der Waals surface area contributed by atoms with E-state index >= 15 is 0 Å². The van der Waals surface area contributed by atoms with E-state index in [9.17, 15) is 13.6 Å². The molecule has 0 unspecified atom stereocenters. The Morgan fingerprint density at radius 2 is 1.88 bits per heavy atom. The molecule has 0 atom stereocenters. The largest absolute Gasteiger partial charge is 0.450 e. The summed E-state index contributed by atoms with van der Waals surface area (Å²) in [6.07, 6.45) is 0. The third-order valence-corrected chi connectivity index (χ3v) is 3.96. The molecule has 0 saturated heterocycles. The zero-order valence-electron chi connectivity index (χ0n) is 13.1. The molecule has 0 aliphatic carbocycles. The predicted molar refractivity (Wildman–Crippen MR) is 90.6 cm³/mol. The number of anilines is 1. The van der Waals surface area contributed by atoms with Gasteiger partial charge in [0.2, 0.25) is 0 Å². The van der Waals surface area contributed by atoms with Crippen molar-refractivity contribution in [3.8, 4) is 0 Å². The molecule has 25 heavy (non-hydrogen) atoms. The van der Waals surface area contributed by atoms with Gasteiger partial charge in [-0.2, -0.15) is 0 Å². The summed E-state index contributed by atoms with van der Waals surface area (Å²) in [6, 6.07) is 11.8. The van der Waals surface area contributed by atoms with E-state index in [1.54, 1.807) is 6.07 Å². The lowest BCUT2D eigenvalue weighted by Gasteiger charge is -2.04. The number of fused-ring (bicyclic) bond motifs is 3. The zero-order valence-corrected chi connectivity index (χ0v) is 13.1. The van der Waals surface area contributed by atoms with Crippen LogP contribution in [0, 0.1) is 18.6 Å². The van der Waals surface area contributed by atoms with Crippen LogP contribution in [0.1, 0.15) is 16.2 Å². The molecule has 0 fully saturated rings. The fraction of sp³-hybridized carbons (Fsp3) is 0.0526. The van der Waals surface area contributed by atoms with Gasteiger partial charge in [0.1, 0.15) is 17.2 Å². The van der Waals surface area contributed by atoms with E-state index in [2.05, 4.69) is 10.3 Å². The maximum absolute atomic E-state index is 13.7. The number of rotatable bonds is 2. The molecular weight excluding hydrogens is 326 g/mol. The third-order valence-electron chi connectivity index (χ3n) is 3.96. The van der Waals surface area contributed by atoms with Crippen molar-refractivity contribution in [2.75, 3.05) is 5.32 Å². The SMILES string of the molecule is Cc1nc2ccccc2c2oc(C(=O)Nc3cc(F)ccc3F)cc12. The van der Waals surface area contributed by atoms with Crippen molar-refractivity contribution in [3.05, 3.63) is 71.6 Å². The highest BCUT2D eigenvalue weighted by Gasteiger charge is 2.18. The Hall–Kier alpha value is -3.28. The standard InChI is InChI=1S/C19H12F2N2O2/c1-10-13-9-17(19(24)23-16-8-11(20)6-7-14(16)21)25-18(13)12-4-2-3-5-15(12)22-10/h2-9H,1H3,(H,23,24). The third kappa shape index (κ3) is 2.61. The highest BCUT2D eigenvalue weighted by Crippen LogP contribution is 2.29. The van der Waals surface area contributed by atoms with Crippen molar-refractivity contribution in [1.29, 1.82) is 0 Å². The Morgan fingerprint density at radius 1 is 1.08 bits per heavy atom. The maximum Gasteiger partial charge on any atom is 0.291 e. The molecule has 4 aromatic rings. The van der Waals surface area contributed by atoms with Crippen LogP contribution in [0.4, 0.5) is 14.5 Å². The Kier molecular flexibility index (Phi) is 3.46. The quantitative estimate of drug-likeness (QED) is 0.570. The van der Waals surface area contributed by atoms with Crippen LogP contribution < -0.4 is 5.32 Å². The van der Waals surface area contributed by atoms with E-state index in [1.165, 1.54) is 0 Å². The number of hydrogen-bond donors (Lipinski definition) is 1. The van der Waals surface area contributed by atoms with Gasteiger partial charge in [-0.05, 0) is 37.3 Å². The van der Waals surface area contributed by atoms with Crippen molar-refractivity contribution in [3.63, 3.8) is 0 Å². The summed E-state index contributed by atoms with van der Waals surface area (Å²) in [4.78, 5) is 16.9. The number of carbonyl (C=O) groups excluding carboxylic acids is 1. The summed E-state index contributed by atoms with van der Waals surface area (Å²) >= 11 is 0. The van der Waals surface area contributed by atoms with Gasteiger partial charge in [-0.25, -0.2) is 8.78 Å². The number of carbonyl (C=O) groups is 1. The van der Waals surface area contributed by atoms with E-state index in [-0.39, 0.29) is 11.4 Å². The van der Waals surface area contributed by atoms with Gasteiger partial charge in [0.25, 0.3) is 5.91 Å². The number of aryl methyl sites for hydroxylation is 1. The molecule has 0 aliphatic rings. The first-order valence-corrected chi connectivity index (χ1v) is 7.58. The van der Waals surface area contributed by atoms with Crippen LogP contribution in [0.25, 0.3) is 21.9 Å². The molecule has 0 aliphatic heterocycles. The number of pyridine rings is 1. The van der Waals surface area contributed by atoms with Crippen molar-refractivity contribution in [1.82, 2.24) is 4.98 Å². The second-order valence-electron chi connectivity index (χ2n) is 5.65. The first kappa shape index (κ1) is 15.3. The van der Waals surface area contributed by atoms with Gasteiger partial charge in [-0.1, -0.05) is 12.1 Å². The predicted octanol–water partition coefficient (Wildman–Crippen LogP) is 4.82. The molecule has 2 heterocycles. The first-order valence-electron chi connectivity index (χ1n) is 7.58. The summed E-state index contributed by atoms with van der Waals surface area (Å²) < 4.78 is 32.6. The number of para-hydroxylation sites is 1. The molecular formula is C19H12F2N2O2. The first-order chi connectivity index (χ1) is 12.0. The molecule has 0 bridgehead atoms. The van der Waals surface area contributed by atoms with Crippen LogP contribution in [0.15, 0.2) is 52.9 Å². The Morgan fingerprint density at radius 3 is 2.72 bits per heavy atom. The second-order valence-corrected chi connectivity index (χ2v) is 5.65. The highest BCUT2D eigenvalue weighted by molar-refractivity contribution is 6.09. The number of nitrogens with one attached hydrogen (secondary N) is 1. The molecule has 1 N–H and O–H groups in total. The highest BCUT2D eigenvalue weighted by atomic mass is 19.1. The monoisotopic (exact) mass is 338 g/mol. The van der Waals surface area contributed by atoms with Crippen LogP contribution in [-0.4, -0.2) is 10.9 Å². The number of hydrogen-bond acceptors (Lipinski definition) is 3. The minimum absolute atomic E-state index is 0.0000794. The number of halogens is 2. The Labute approximate surface area is 141 Å². The average molecular weight is 338 g/mol. The van der Waals surface area contributed by atoms with E-state index in [4.69, 9.17) is 4.42 Å². The molecule has 2 aromatic carbocycles. The van der Waals surface area contributed by atoms with Crippen LogP contribution in [-0.2, 0) is 0 Å². The number of aromatic nitrogens is 1. The Balaban J connectivity index is 1.79.